The standard InChI is InChI=1S/C15H26N4O/c1-11-6-5-7-19(10-11)12(2)8-16-15(20)14-9-17-18(4)13(14)3/h9,11-12H,5-8,10H2,1-4H3,(H,16,20)/t11-,12-/m0/s1. The van der Waals surface area contributed by atoms with Crippen LogP contribution in [0.1, 0.15) is 42.7 Å². The van der Waals surface area contributed by atoms with E-state index in [0.717, 1.165) is 24.7 Å². The number of carbonyl (C=O) groups is 1. The molecule has 2 heterocycles. The minimum absolute atomic E-state index is 0.0208. The third-order valence-corrected chi connectivity index (χ3v) is 4.35. The number of amides is 1. The number of aromatic nitrogens is 2. The van der Waals surface area contributed by atoms with Crippen molar-refractivity contribution in [3.63, 3.8) is 0 Å². The number of likely N-dealkylation sites (tertiary alicyclic amines) is 1. The zero-order valence-electron chi connectivity index (χ0n) is 13.0. The second kappa shape index (κ2) is 6.39. The van der Waals surface area contributed by atoms with Gasteiger partial charge in [0.1, 0.15) is 0 Å². The Morgan fingerprint density at radius 1 is 1.60 bits per heavy atom. The molecule has 5 nitrogen and oxygen atoms in total. The van der Waals surface area contributed by atoms with E-state index in [9.17, 15) is 4.79 Å². The van der Waals surface area contributed by atoms with E-state index in [4.69, 9.17) is 0 Å². The van der Waals surface area contributed by atoms with Crippen molar-refractivity contribution in [1.82, 2.24) is 20.0 Å². The molecule has 1 amide bonds. The molecule has 0 aromatic carbocycles. The molecule has 1 saturated heterocycles. The van der Waals surface area contributed by atoms with Gasteiger partial charge in [-0.05, 0) is 39.2 Å². The van der Waals surface area contributed by atoms with Gasteiger partial charge in [-0.25, -0.2) is 0 Å². The number of piperidine rings is 1. The van der Waals surface area contributed by atoms with Gasteiger partial charge >= 0.3 is 0 Å². The van der Waals surface area contributed by atoms with Crippen molar-refractivity contribution < 1.29 is 4.79 Å². The SMILES string of the molecule is Cc1c(C(=O)NC[C@H](C)N2CCC[C@H](C)C2)cnn1C. The third kappa shape index (κ3) is 3.39. The summed E-state index contributed by atoms with van der Waals surface area (Å²) in [5.41, 5.74) is 1.58. The zero-order chi connectivity index (χ0) is 14.7. The van der Waals surface area contributed by atoms with Crippen LogP contribution in [-0.4, -0.2) is 46.3 Å². The van der Waals surface area contributed by atoms with E-state index in [2.05, 4.69) is 29.2 Å². The first kappa shape index (κ1) is 15.0. The van der Waals surface area contributed by atoms with Crippen LogP contribution in [0.2, 0.25) is 0 Å². The fourth-order valence-electron chi connectivity index (χ4n) is 2.81. The molecule has 112 valence electrons. The van der Waals surface area contributed by atoms with E-state index in [0.29, 0.717) is 18.2 Å². The lowest BCUT2D eigenvalue weighted by atomic mass is 9.99. The summed E-state index contributed by atoms with van der Waals surface area (Å²) in [4.78, 5) is 14.6. The van der Waals surface area contributed by atoms with E-state index in [-0.39, 0.29) is 5.91 Å². The minimum atomic E-state index is -0.0208. The quantitative estimate of drug-likeness (QED) is 0.909. The van der Waals surface area contributed by atoms with Crippen molar-refractivity contribution >= 4 is 5.91 Å². The van der Waals surface area contributed by atoms with Gasteiger partial charge in [-0.15, -0.1) is 0 Å². The number of carbonyl (C=O) groups excluding carboxylic acids is 1. The number of hydrogen-bond acceptors (Lipinski definition) is 3. The Morgan fingerprint density at radius 3 is 2.95 bits per heavy atom. The number of nitrogens with one attached hydrogen (secondary N) is 1. The summed E-state index contributed by atoms with van der Waals surface area (Å²) in [6.07, 6.45) is 4.23. The molecule has 1 aliphatic heterocycles. The van der Waals surface area contributed by atoms with E-state index in [1.54, 1.807) is 10.9 Å². The topological polar surface area (TPSA) is 50.2 Å². The van der Waals surface area contributed by atoms with Crippen molar-refractivity contribution in [3.05, 3.63) is 17.5 Å². The predicted octanol–water partition coefficient (Wildman–Crippen LogP) is 1.58. The Morgan fingerprint density at radius 2 is 2.35 bits per heavy atom. The number of hydrogen-bond donors (Lipinski definition) is 1. The first-order valence-corrected chi connectivity index (χ1v) is 7.50. The van der Waals surface area contributed by atoms with Crippen molar-refractivity contribution in [1.29, 1.82) is 0 Å². The lowest BCUT2D eigenvalue weighted by Crippen LogP contribution is -2.46. The summed E-state index contributed by atoms with van der Waals surface area (Å²) in [6.45, 7) is 9.39. The van der Waals surface area contributed by atoms with Crippen molar-refractivity contribution in [2.24, 2.45) is 13.0 Å². The first-order valence-electron chi connectivity index (χ1n) is 7.50. The highest BCUT2D eigenvalue weighted by atomic mass is 16.1. The summed E-state index contributed by atoms with van der Waals surface area (Å²) >= 11 is 0. The fourth-order valence-corrected chi connectivity index (χ4v) is 2.81. The van der Waals surface area contributed by atoms with Gasteiger partial charge in [0.05, 0.1) is 11.8 Å². The molecule has 5 heteroatoms. The smallest absolute Gasteiger partial charge is 0.254 e. The summed E-state index contributed by atoms with van der Waals surface area (Å²) in [5, 5.41) is 7.14. The lowest BCUT2D eigenvalue weighted by molar-refractivity contribution is 0.0917. The molecule has 0 bridgehead atoms. The third-order valence-electron chi connectivity index (χ3n) is 4.35. The van der Waals surface area contributed by atoms with Crippen LogP contribution in [0.5, 0.6) is 0 Å². The van der Waals surface area contributed by atoms with Crippen LogP contribution in [-0.2, 0) is 7.05 Å². The number of aryl methyl sites for hydroxylation is 1. The summed E-state index contributed by atoms with van der Waals surface area (Å²) in [7, 11) is 1.85. The second-order valence-electron chi connectivity index (χ2n) is 6.07. The molecule has 1 fully saturated rings. The Balaban J connectivity index is 1.85. The fraction of sp³-hybridized carbons (Fsp3) is 0.733. The molecule has 1 aromatic heterocycles. The Hall–Kier alpha value is -1.36. The molecule has 2 atom stereocenters. The Kier molecular flexibility index (Phi) is 4.81. The maximum absolute atomic E-state index is 12.1. The average Bonchev–Trinajstić information content (AvgIpc) is 2.76. The van der Waals surface area contributed by atoms with Gasteiger partial charge in [0.25, 0.3) is 5.91 Å². The highest BCUT2D eigenvalue weighted by Gasteiger charge is 2.21. The molecule has 0 unspecified atom stereocenters. The van der Waals surface area contributed by atoms with E-state index in [1.165, 1.54) is 12.8 Å². The molecule has 1 aromatic rings. The van der Waals surface area contributed by atoms with Crippen LogP contribution in [0.25, 0.3) is 0 Å². The number of rotatable bonds is 4. The highest BCUT2D eigenvalue weighted by Crippen LogP contribution is 2.17. The Bertz CT molecular complexity index is 468. The summed E-state index contributed by atoms with van der Waals surface area (Å²) in [6, 6.07) is 0.388. The van der Waals surface area contributed by atoms with Crippen LogP contribution < -0.4 is 5.32 Å². The molecular formula is C15H26N4O. The van der Waals surface area contributed by atoms with Gasteiger partial charge in [-0.1, -0.05) is 6.92 Å². The monoisotopic (exact) mass is 278 g/mol. The van der Waals surface area contributed by atoms with Gasteiger partial charge in [-0.3, -0.25) is 14.4 Å². The normalized spacial score (nSPS) is 21.7. The van der Waals surface area contributed by atoms with Crippen molar-refractivity contribution in [2.45, 2.75) is 39.7 Å². The first-order chi connectivity index (χ1) is 9.49. The molecule has 20 heavy (non-hydrogen) atoms. The van der Waals surface area contributed by atoms with Crippen LogP contribution in [0.3, 0.4) is 0 Å². The second-order valence-corrected chi connectivity index (χ2v) is 6.07. The predicted molar refractivity (Wildman–Crippen MR) is 79.7 cm³/mol. The van der Waals surface area contributed by atoms with Crippen molar-refractivity contribution in [2.75, 3.05) is 19.6 Å². The molecule has 0 radical (unpaired) electrons. The molecule has 0 spiro atoms. The number of nitrogens with zero attached hydrogens (tertiary/aromatic N) is 3. The van der Waals surface area contributed by atoms with Gasteiger partial charge in [0.2, 0.25) is 0 Å². The molecule has 2 rings (SSSR count). The Labute approximate surface area is 121 Å². The molecular weight excluding hydrogens is 252 g/mol. The maximum atomic E-state index is 12.1. The van der Waals surface area contributed by atoms with E-state index >= 15 is 0 Å². The average molecular weight is 278 g/mol. The molecule has 1 N–H and O–H groups in total. The zero-order valence-corrected chi connectivity index (χ0v) is 13.0. The van der Waals surface area contributed by atoms with E-state index < -0.39 is 0 Å². The van der Waals surface area contributed by atoms with Gasteiger partial charge in [0.15, 0.2) is 0 Å². The van der Waals surface area contributed by atoms with Gasteiger partial charge < -0.3 is 5.32 Å². The van der Waals surface area contributed by atoms with Crippen LogP contribution >= 0.6 is 0 Å². The van der Waals surface area contributed by atoms with Gasteiger partial charge in [0, 0.05) is 31.9 Å². The molecule has 1 aliphatic rings. The molecule has 0 saturated carbocycles. The highest BCUT2D eigenvalue weighted by molar-refractivity contribution is 5.95. The van der Waals surface area contributed by atoms with E-state index in [1.807, 2.05) is 14.0 Å². The summed E-state index contributed by atoms with van der Waals surface area (Å²) in [5.74, 6) is 0.745. The van der Waals surface area contributed by atoms with Crippen LogP contribution in [0.15, 0.2) is 6.20 Å². The summed E-state index contributed by atoms with van der Waals surface area (Å²) < 4.78 is 1.73. The van der Waals surface area contributed by atoms with Crippen LogP contribution in [0.4, 0.5) is 0 Å². The van der Waals surface area contributed by atoms with Gasteiger partial charge in [-0.2, -0.15) is 5.10 Å². The maximum Gasteiger partial charge on any atom is 0.254 e. The molecule has 0 aliphatic carbocycles. The minimum Gasteiger partial charge on any atom is -0.350 e. The lowest BCUT2D eigenvalue weighted by Gasteiger charge is -2.35. The van der Waals surface area contributed by atoms with Crippen LogP contribution in [0, 0.1) is 12.8 Å². The van der Waals surface area contributed by atoms with Crippen molar-refractivity contribution in [3.8, 4) is 0 Å². The largest absolute Gasteiger partial charge is 0.350 e.